The summed E-state index contributed by atoms with van der Waals surface area (Å²) in [6.07, 6.45) is 3.23. The average Bonchev–Trinajstić information content (AvgIpc) is 3.10. The number of hydrogen-bond acceptors (Lipinski definition) is 3. The number of halogens is 1. The molecule has 1 aromatic heterocycles. The number of carbonyl (C=O) groups is 1. The number of anilines is 2. The molecule has 6 heteroatoms. The molecule has 1 N–H and O–H groups in total. The summed E-state index contributed by atoms with van der Waals surface area (Å²) in [6.45, 7) is 0. The molecule has 2 aromatic carbocycles. The molecule has 0 spiro atoms. The number of nitrogens with zero attached hydrogens (tertiary/aromatic N) is 2. The van der Waals surface area contributed by atoms with Crippen LogP contribution in [0.1, 0.15) is 0 Å². The van der Waals surface area contributed by atoms with Crippen molar-refractivity contribution in [3.63, 3.8) is 0 Å². The summed E-state index contributed by atoms with van der Waals surface area (Å²) >= 11 is 6.07. The van der Waals surface area contributed by atoms with Crippen molar-refractivity contribution in [3.05, 3.63) is 78.1 Å². The number of benzene rings is 2. The largest absolute Gasteiger partial charge is 0.417 e. The Morgan fingerprint density at radius 1 is 1.08 bits per heavy atom. The summed E-state index contributed by atoms with van der Waals surface area (Å²) in [4.78, 5) is 12.2. The second-order valence-electron chi connectivity index (χ2n) is 5.08. The summed E-state index contributed by atoms with van der Waals surface area (Å²) in [5.41, 5.74) is 1.33. The smallest absolute Gasteiger partial charge is 0.410 e. The molecule has 0 aliphatic heterocycles. The lowest BCUT2D eigenvalue weighted by molar-refractivity contribution is 0.215. The third kappa shape index (κ3) is 3.70. The number of carbonyl (C=O) groups excluding carboxylic acids is 1. The maximum absolute atomic E-state index is 12.2. The van der Waals surface area contributed by atoms with Crippen LogP contribution >= 0.6 is 11.6 Å². The summed E-state index contributed by atoms with van der Waals surface area (Å²) in [7, 11) is 1.89. The molecule has 24 heavy (non-hydrogen) atoms. The minimum atomic E-state index is -0.578. The minimum absolute atomic E-state index is 0.470. The van der Waals surface area contributed by atoms with E-state index in [1.807, 2.05) is 53.4 Å². The fourth-order valence-electron chi connectivity index (χ4n) is 2.27. The zero-order valence-corrected chi connectivity index (χ0v) is 13.8. The Morgan fingerprint density at radius 2 is 1.79 bits per heavy atom. The molecule has 1 amide bonds. The van der Waals surface area contributed by atoms with Gasteiger partial charge in [0.05, 0.1) is 11.4 Å². The van der Waals surface area contributed by atoms with Gasteiger partial charge in [0.15, 0.2) is 0 Å². The average molecular weight is 342 g/mol. The third-order valence-corrected chi connectivity index (χ3v) is 3.67. The van der Waals surface area contributed by atoms with Gasteiger partial charge in [0.25, 0.3) is 0 Å². The van der Waals surface area contributed by atoms with Gasteiger partial charge in [-0.25, -0.2) is 4.79 Å². The van der Waals surface area contributed by atoms with Gasteiger partial charge in [0, 0.05) is 24.5 Å². The van der Waals surface area contributed by atoms with E-state index in [1.54, 1.807) is 36.4 Å². The molecule has 0 saturated heterocycles. The molecule has 122 valence electrons. The maximum atomic E-state index is 12.2. The van der Waals surface area contributed by atoms with Crippen LogP contribution in [0.25, 0.3) is 0 Å². The van der Waals surface area contributed by atoms with Gasteiger partial charge in [0.2, 0.25) is 0 Å². The standard InChI is InChI=1S/C18H16ClN3O2/c1-21(22-11-5-6-12-22)17-10-9-14(19)13-16(17)20-18(23)24-15-7-3-2-4-8-15/h2-13H,1H3,(H,20,23). The van der Waals surface area contributed by atoms with Crippen LogP contribution in [0, 0.1) is 0 Å². The topological polar surface area (TPSA) is 46.5 Å². The van der Waals surface area contributed by atoms with Crippen molar-refractivity contribution in [1.29, 1.82) is 0 Å². The Labute approximate surface area is 145 Å². The first-order valence-corrected chi connectivity index (χ1v) is 7.72. The molecular weight excluding hydrogens is 326 g/mol. The van der Waals surface area contributed by atoms with Crippen molar-refractivity contribution in [2.24, 2.45) is 0 Å². The number of para-hydroxylation sites is 1. The number of ether oxygens (including phenoxy) is 1. The lowest BCUT2D eigenvalue weighted by Gasteiger charge is -2.23. The van der Waals surface area contributed by atoms with Crippen molar-refractivity contribution < 1.29 is 9.53 Å². The third-order valence-electron chi connectivity index (χ3n) is 3.43. The van der Waals surface area contributed by atoms with Crippen LogP contribution in [0.15, 0.2) is 73.1 Å². The van der Waals surface area contributed by atoms with E-state index in [2.05, 4.69) is 5.32 Å². The van der Waals surface area contributed by atoms with Crippen LogP contribution in [0.4, 0.5) is 16.2 Å². The fourth-order valence-corrected chi connectivity index (χ4v) is 2.44. The predicted molar refractivity (Wildman–Crippen MR) is 95.8 cm³/mol. The number of aromatic nitrogens is 1. The van der Waals surface area contributed by atoms with Gasteiger partial charge in [-0.15, -0.1) is 0 Å². The SMILES string of the molecule is CN(c1ccc(Cl)cc1NC(=O)Oc1ccccc1)n1cccc1. The first-order chi connectivity index (χ1) is 11.6. The molecule has 3 aromatic rings. The zero-order valence-electron chi connectivity index (χ0n) is 13.0. The Morgan fingerprint density at radius 3 is 2.50 bits per heavy atom. The van der Waals surface area contributed by atoms with Crippen molar-refractivity contribution in [1.82, 2.24) is 4.68 Å². The van der Waals surface area contributed by atoms with Crippen LogP contribution < -0.4 is 15.1 Å². The summed E-state index contributed by atoms with van der Waals surface area (Å²) in [5.74, 6) is 0.470. The van der Waals surface area contributed by atoms with E-state index in [-0.39, 0.29) is 0 Å². The number of hydrogen-bond donors (Lipinski definition) is 1. The molecule has 0 fully saturated rings. The Bertz CT molecular complexity index is 820. The normalized spacial score (nSPS) is 10.2. The number of amides is 1. The van der Waals surface area contributed by atoms with Crippen molar-refractivity contribution in [3.8, 4) is 5.75 Å². The lowest BCUT2D eigenvalue weighted by Crippen LogP contribution is -2.25. The van der Waals surface area contributed by atoms with Gasteiger partial charge >= 0.3 is 6.09 Å². The van der Waals surface area contributed by atoms with Gasteiger partial charge in [-0.1, -0.05) is 29.8 Å². The van der Waals surface area contributed by atoms with E-state index in [0.717, 1.165) is 5.69 Å². The lowest BCUT2D eigenvalue weighted by atomic mass is 10.2. The quantitative estimate of drug-likeness (QED) is 0.751. The van der Waals surface area contributed by atoms with Gasteiger partial charge in [-0.05, 0) is 42.5 Å². The number of rotatable bonds is 4. The highest BCUT2D eigenvalue weighted by molar-refractivity contribution is 6.31. The van der Waals surface area contributed by atoms with Crippen LogP contribution in [-0.2, 0) is 0 Å². The summed E-state index contributed by atoms with van der Waals surface area (Å²) in [5, 5.41) is 5.15. The maximum Gasteiger partial charge on any atom is 0.417 e. The van der Waals surface area contributed by atoms with Crippen LogP contribution in [0.3, 0.4) is 0 Å². The minimum Gasteiger partial charge on any atom is -0.410 e. The van der Waals surface area contributed by atoms with Gasteiger partial charge < -0.3 is 4.74 Å². The van der Waals surface area contributed by atoms with Crippen LogP contribution in [-0.4, -0.2) is 17.8 Å². The van der Waals surface area contributed by atoms with Crippen LogP contribution in [0.5, 0.6) is 5.75 Å². The monoisotopic (exact) mass is 341 g/mol. The van der Waals surface area contributed by atoms with Gasteiger partial charge in [-0.3, -0.25) is 15.0 Å². The first-order valence-electron chi connectivity index (χ1n) is 7.34. The highest BCUT2D eigenvalue weighted by Crippen LogP contribution is 2.29. The summed E-state index contributed by atoms with van der Waals surface area (Å²) in [6, 6.07) is 18.0. The van der Waals surface area contributed by atoms with E-state index >= 15 is 0 Å². The molecule has 0 aliphatic rings. The molecule has 3 rings (SSSR count). The van der Waals surface area contributed by atoms with E-state index in [9.17, 15) is 4.79 Å². The molecule has 0 bridgehead atoms. The van der Waals surface area contributed by atoms with Gasteiger partial charge in [0.1, 0.15) is 5.75 Å². The van der Waals surface area contributed by atoms with E-state index in [4.69, 9.17) is 16.3 Å². The Kier molecular flexibility index (Phi) is 4.72. The Hall–Kier alpha value is -2.92. The van der Waals surface area contributed by atoms with Crippen LogP contribution in [0.2, 0.25) is 5.02 Å². The fraction of sp³-hybridized carbons (Fsp3) is 0.0556. The first kappa shape index (κ1) is 16.0. The molecule has 1 heterocycles. The van der Waals surface area contributed by atoms with Gasteiger partial charge in [-0.2, -0.15) is 0 Å². The van der Waals surface area contributed by atoms with Crippen molar-refractivity contribution in [2.75, 3.05) is 17.4 Å². The van der Waals surface area contributed by atoms with E-state index in [1.165, 1.54) is 0 Å². The molecule has 0 unspecified atom stereocenters. The predicted octanol–water partition coefficient (Wildman–Crippen LogP) is 4.65. The molecule has 0 aliphatic carbocycles. The van der Waals surface area contributed by atoms with Crippen molar-refractivity contribution >= 4 is 29.1 Å². The Balaban J connectivity index is 1.82. The number of nitrogens with one attached hydrogen (secondary N) is 1. The molecule has 0 saturated carbocycles. The second-order valence-corrected chi connectivity index (χ2v) is 5.51. The highest BCUT2D eigenvalue weighted by Gasteiger charge is 2.13. The summed E-state index contributed by atoms with van der Waals surface area (Å²) < 4.78 is 7.15. The van der Waals surface area contributed by atoms with Crippen molar-refractivity contribution in [2.45, 2.75) is 0 Å². The molecular formula is C18H16ClN3O2. The molecule has 0 radical (unpaired) electrons. The van der Waals surface area contributed by atoms with E-state index in [0.29, 0.717) is 16.5 Å². The second kappa shape index (κ2) is 7.10. The molecule has 0 atom stereocenters. The zero-order chi connectivity index (χ0) is 16.9. The highest BCUT2D eigenvalue weighted by atomic mass is 35.5. The van der Waals surface area contributed by atoms with E-state index < -0.39 is 6.09 Å². The molecule has 5 nitrogen and oxygen atoms in total.